The zero-order chi connectivity index (χ0) is 12.0. The Morgan fingerprint density at radius 2 is 1.93 bits per heavy atom. The zero-order valence-electron chi connectivity index (χ0n) is 8.30. The van der Waals surface area contributed by atoms with Crippen LogP contribution < -0.4 is 5.73 Å². The Morgan fingerprint density at radius 3 is 2.20 bits per heavy atom. The van der Waals surface area contributed by atoms with E-state index >= 15 is 0 Å². The first-order valence-electron chi connectivity index (χ1n) is 4.35. The fraction of sp³-hybridized carbons (Fsp3) is 0.667. The predicted octanol–water partition coefficient (Wildman–Crippen LogP) is 1.75. The van der Waals surface area contributed by atoms with E-state index in [1.54, 1.807) is 13.8 Å². The van der Waals surface area contributed by atoms with Gasteiger partial charge in [0.15, 0.2) is 0 Å². The highest BCUT2D eigenvalue weighted by Crippen LogP contribution is 2.59. The lowest BCUT2D eigenvalue weighted by Crippen LogP contribution is -2.19. The Kier molecular flexibility index (Phi) is 2.49. The van der Waals surface area contributed by atoms with Gasteiger partial charge in [-0.1, -0.05) is 19.9 Å². The molecule has 1 aliphatic carbocycles. The molecule has 0 spiro atoms. The molecule has 0 bridgehead atoms. The average Bonchev–Trinajstić information content (AvgIpc) is 2.50. The molecule has 15 heavy (non-hydrogen) atoms. The van der Waals surface area contributed by atoms with Gasteiger partial charge in [0.1, 0.15) is 5.70 Å². The predicted molar refractivity (Wildman–Crippen MR) is 46.7 cm³/mol. The highest BCUT2D eigenvalue weighted by atomic mass is 19.4. The number of nitrogens with two attached hydrogens (primary N) is 1. The Hall–Kier alpha value is -1.20. The van der Waals surface area contributed by atoms with Gasteiger partial charge in [-0.25, -0.2) is 0 Å². The molecule has 3 nitrogen and oxygen atoms in total. The van der Waals surface area contributed by atoms with Gasteiger partial charge in [-0.05, 0) is 11.3 Å². The second-order valence-corrected chi connectivity index (χ2v) is 4.28. The Balaban J connectivity index is 2.83. The van der Waals surface area contributed by atoms with Gasteiger partial charge in [-0.3, -0.25) is 4.79 Å². The van der Waals surface area contributed by atoms with Crippen LogP contribution in [-0.2, 0) is 4.79 Å². The molecule has 86 valence electrons. The second-order valence-electron chi connectivity index (χ2n) is 4.28. The van der Waals surface area contributed by atoms with E-state index in [0.29, 0.717) is 0 Å². The van der Waals surface area contributed by atoms with Crippen LogP contribution >= 0.6 is 0 Å². The highest BCUT2D eigenvalue weighted by Gasteiger charge is 2.61. The molecule has 0 aromatic carbocycles. The van der Waals surface area contributed by atoms with E-state index in [1.807, 2.05) is 0 Å². The van der Waals surface area contributed by atoms with Gasteiger partial charge in [0.2, 0.25) is 0 Å². The van der Waals surface area contributed by atoms with Gasteiger partial charge in [-0.15, -0.1) is 0 Å². The highest BCUT2D eigenvalue weighted by molar-refractivity contribution is 5.76. The number of rotatable bonds is 2. The lowest BCUT2D eigenvalue weighted by Gasteiger charge is -2.06. The molecule has 1 fully saturated rings. The van der Waals surface area contributed by atoms with Crippen molar-refractivity contribution in [1.82, 2.24) is 0 Å². The van der Waals surface area contributed by atoms with Gasteiger partial charge < -0.3 is 10.8 Å². The summed E-state index contributed by atoms with van der Waals surface area (Å²) >= 11 is 0. The minimum atomic E-state index is -4.58. The van der Waals surface area contributed by atoms with Crippen molar-refractivity contribution in [2.45, 2.75) is 20.0 Å². The number of carboxylic acid groups (broad SMARTS) is 1. The first-order chi connectivity index (χ1) is 6.58. The minimum absolute atomic E-state index is 0.642. The van der Waals surface area contributed by atoms with E-state index < -0.39 is 35.1 Å². The van der Waals surface area contributed by atoms with Crippen LogP contribution in [0.2, 0.25) is 0 Å². The first-order valence-corrected chi connectivity index (χ1v) is 4.35. The molecule has 1 aliphatic rings. The Bertz CT molecular complexity index is 320. The fourth-order valence-corrected chi connectivity index (χ4v) is 1.75. The molecule has 0 saturated heterocycles. The lowest BCUT2D eigenvalue weighted by atomic mass is 10.1. The number of carboxylic acids is 1. The maximum Gasteiger partial charge on any atom is 0.430 e. The molecule has 1 rings (SSSR count). The summed E-state index contributed by atoms with van der Waals surface area (Å²) in [5.74, 6) is -2.51. The zero-order valence-corrected chi connectivity index (χ0v) is 8.30. The summed E-state index contributed by atoms with van der Waals surface area (Å²) in [5, 5.41) is 8.72. The largest absolute Gasteiger partial charge is 0.481 e. The van der Waals surface area contributed by atoms with Crippen LogP contribution in [0.3, 0.4) is 0 Å². The summed E-state index contributed by atoms with van der Waals surface area (Å²) < 4.78 is 36.2. The third kappa shape index (κ3) is 2.08. The van der Waals surface area contributed by atoms with Crippen LogP contribution in [-0.4, -0.2) is 17.3 Å². The Labute approximate surface area is 84.8 Å². The standard InChI is InChI=1S/C9H12F3NO2/c1-8(2)4(6(8)7(14)15)3-5(13)9(10,11)12/h3-4,6H,13H2,1-2H3,(H,14,15)/b5-3-/t4-,6-/m1/s1. The van der Waals surface area contributed by atoms with Crippen molar-refractivity contribution in [3.05, 3.63) is 11.8 Å². The summed E-state index contributed by atoms with van der Waals surface area (Å²) in [5.41, 5.74) is 2.95. The summed E-state index contributed by atoms with van der Waals surface area (Å²) in [7, 11) is 0. The summed E-state index contributed by atoms with van der Waals surface area (Å²) in [4.78, 5) is 10.7. The van der Waals surface area contributed by atoms with E-state index in [1.165, 1.54) is 0 Å². The van der Waals surface area contributed by atoms with E-state index in [4.69, 9.17) is 10.8 Å². The van der Waals surface area contributed by atoms with Crippen LogP contribution in [0.1, 0.15) is 13.8 Å². The first kappa shape index (κ1) is 11.9. The molecule has 3 N–H and O–H groups in total. The van der Waals surface area contributed by atoms with Gasteiger partial charge in [0.05, 0.1) is 5.92 Å². The van der Waals surface area contributed by atoms with Crippen LogP contribution in [0.25, 0.3) is 0 Å². The molecule has 0 unspecified atom stereocenters. The average molecular weight is 223 g/mol. The van der Waals surface area contributed by atoms with E-state index in [9.17, 15) is 18.0 Å². The molecule has 0 aromatic heterocycles. The number of halogens is 3. The normalized spacial score (nSPS) is 30.1. The number of alkyl halides is 3. The number of allylic oxidation sites excluding steroid dienone is 2. The quantitative estimate of drug-likeness (QED) is 0.749. The molecule has 0 radical (unpaired) electrons. The maximum absolute atomic E-state index is 12.1. The number of aliphatic carboxylic acids is 1. The van der Waals surface area contributed by atoms with Crippen LogP contribution in [0.4, 0.5) is 13.2 Å². The fourth-order valence-electron chi connectivity index (χ4n) is 1.75. The van der Waals surface area contributed by atoms with Crippen molar-refractivity contribution >= 4 is 5.97 Å². The van der Waals surface area contributed by atoms with E-state index in [2.05, 4.69) is 0 Å². The third-order valence-electron chi connectivity index (χ3n) is 2.86. The molecule has 0 amide bonds. The van der Waals surface area contributed by atoms with Gasteiger partial charge >= 0.3 is 12.1 Å². The maximum atomic E-state index is 12.1. The van der Waals surface area contributed by atoms with Crippen LogP contribution in [0.15, 0.2) is 11.8 Å². The Morgan fingerprint density at radius 1 is 1.47 bits per heavy atom. The van der Waals surface area contributed by atoms with Gasteiger partial charge in [-0.2, -0.15) is 13.2 Å². The summed E-state index contributed by atoms with van der Waals surface area (Å²) in [6.07, 6.45) is -3.78. The SMILES string of the molecule is CC1(C)[C@H](/C=C(\N)C(F)(F)F)[C@@H]1C(=O)O. The molecular formula is C9H12F3NO2. The van der Waals surface area contributed by atoms with Crippen molar-refractivity contribution in [2.24, 2.45) is 23.0 Å². The number of carbonyl (C=O) groups is 1. The van der Waals surface area contributed by atoms with Crippen molar-refractivity contribution in [2.75, 3.05) is 0 Å². The molecule has 0 aliphatic heterocycles. The smallest absolute Gasteiger partial charge is 0.430 e. The topological polar surface area (TPSA) is 63.3 Å². The van der Waals surface area contributed by atoms with E-state index in [0.717, 1.165) is 6.08 Å². The molecule has 1 saturated carbocycles. The molecule has 6 heteroatoms. The van der Waals surface area contributed by atoms with Crippen LogP contribution in [0.5, 0.6) is 0 Å². The third-order valence-corrected chi connectivity index (χ3v) is 2.86. The molecular weight excluding hydrogens is 211 g/mol. The van der Waals surface area contributed by atoms with Crippen molar-refractivity contribution in [3.63, 3.8) is 0 Å². The molecule has 0 heterocycles. The minimum Gasteiger partial charge on any atom is -0.481 e. The summed E-state index contributed by atoms with van der Waals surface area (Å²) in [6, 6.07) is 0. The summed E-state index contributed by atoms with van der Waals surface area (Å²) in [6.45, 7) is 3.22. The monoisotopic (exact) mass is 223 g/mol. The lowest BCUT2D eigenvalue weighted by molar-refractivity contribution is -0.139. The molecule has 2 atom stereocenters. The van der Waals surface area contributed by atoms with Crippen molar-refractivity contribution in [3.8, 4) is 0 Å². The van der Waals surface area contributed by atoms with Crippen molar-refractivity contribution in [1.29, 1.82) is 0 Å². The molecule has 0 aromatic rings. The van der Waals surface area contributed by atoms with Gasteiger partial charge in [0.25, 0.3) is 0 Å². The van der Waals surface area contributed by atoms with Gasteiger partial charge in [0, 0.05) is 0 Å². The van der Waals surface area contributed by atoms with Crippen molar-refractivity contribution < 1.29 is 23.1 Å². The second kappa shape index (κ2) is 3.15. The number of hydrogen-bond donors (Lipinski definition) is 2. The van der Waals surface area contributed by atoms with Crippen LogP contribution in [0, 0.1) is 17.3 Å². The number of hydrogen-bond acceptors (Lipinski definition) is 2. The van der Waals surface area contributed by atoms with E-state index in [-0.39, 0.29) is 0 Å².